The molecule has 3 amide bonds. The van der Waals surface area contributed by atoms with Crippen molar-refractivity contribution in [3.05, 3.63) is 29.3 Å². The Kier molecular flexibility index (Phi) is 4.44. The molecule has 100 valence electrons. The van der Waals surface area contributed by atoms with Crippen molar-refractivity contribution in [1.29, 1.82) is 0 Å². The number of hydrogen-bond acceptors (Lipinski definition) is 4. The predicted octanol–water partition coefficient (Wildman–Crippen LogP) is 1.61. The van der Waals surface area contributed by atoms with Crippen molar-refractivity contribution in [1.82, 2.24) is 10.4 Å². The number of hydrazine groups is 1. The molecule has 0 saturated carbocycles. The van der Waals surface area contributed by atoms with E-state index in [-0.39, 0.29) is 30.4 Å². The van der Waals surface area contributed by atoms with E-state index in [2.05, 4.69) is 5.43 Å². The molecule has 1 aromatic rings. The molecule has 2 rings (SSSR count). The molecule has 5 nitrogen and oxygen atoms in total. The molecule has 1 aromatic carbocycles. The molecule has 1 aliphatic rings. The summed E-state index contributed by atoms with van der Waals surface area (Å²) in [6.45, 7) is 0. The second-order valence-electron chi connectivity index (χ2n) is 3.88. The number of imide groups is 1. The Labute approximate surface area is 119 Å². The molecule has 1 saturated heterocycles. The van der Waals surface area contributed by atoms with Crippen LogP contribution in [0.1, 0.15) is 12.8 Å². The van der Waals surface area contributed by atoms with E-state index in [0.29, 0.717) is 5.02 Å². The van der Waals surface area contributed by atoms with Crippen LogP contribution in [0.3, 0.4) is 0 Å². The highest BCUT2D eigenvalue weighted by molar-refractivity contribution is 8.00. The maximum atomic E-state index is 11.7. The standard InChI is InChI=1S/C12H11ClN2O3S/c13-8-3-1-2-4-9(8)19-7-10(16)14-15-11(17)5-6-12(15)18/h1-4H,5-7H2,(H,14,16). The van der Waals surface area contributed by atoms with Crippen molar-refractivity contribution in [3.8, 4) is 0 Å². The van der Waals surface area contributed by atoms with Crippen molar-refractivity contribution in [2.45, 2.75) is 17.7 Å². The smallest absolute Gasteiger partial charge is 0.249 e. The summed E-state index contributed by atoms with van der Waals surface area (Å²) < 4.78 is 0. The SMILES string of the molecule is O=C(CSc1ccccc1Cl)NN1C(=O)CCC1=O. The molecule has 1 heterocycles. The Hall–Kier alpha value is -1.53. The lowest BCUT2D eigenvalue weighted by atomic mass is 10.4. The summed E-state index contributed by atoms with van der Waals surface area (Å²) in [7, 11) is 0. The summed E-state index contributed by atoms with van der Waals surface area (Å²) in [4.78, 5) is 35.1. The highest BCUT2D eigenvalue weighted by Crippen LogP contribution is 2.26. The van der Waals surface area contributed by atoms with Crippen molar-refractivity contribution in [2.75, 3.05) is 5.75 Å². The lowest BCUT2D eigenvalue weighted by Gasteiger charge is -2.14. The lowest BCUT2D eigenvalue weighted by molar-refractivity contribution is -0.147. The number of amides is 3. The molecule has 1 aliphatic heterocycles. The van der Waals surface area contributed by atoms with Crippen LogP contribution in [-0.2, 0) is 14.4 Å². The van der Waals surface area contributed by atoms with Crippen molar-refractivity contribution >= 4 is 41.1 Å². The van der Waals surface area contributed by atoms with Crippen molar-refractivity contribution in [2.24, 2.45) is 0 Å². The van der Waals surface area contributed by atoms with E-state index in [9.17, 15) is 14.4 Å². The highest BCUT2D eigenvalue weighted by atomic mass is 35.5. The Balaban J connectivity index is 1.87. The van der Waals surface area contributed by atoms with Gasteiger partial charge in [-0.3, -0.25) is 19.8 Å². The maximum absolute atomic E-state index is 11.7. The zero-order valence-corrected chi connectivity index (χ0v) is 11.5. The van der Waals surface area contributed by atoms with E-state index in [0.717, 1.165) is 9.90 Å². The van der Waals surface area contributed by atoms with E-state index in [1.807, 2.05) is 6.07 Å². The van der Waals surface area contributed by atoms with Crippen molar-refractivity contribution in [3.63, 3.8) is 0 Å². The summed E-state index contributed by atoms with van der Waals surface area (Å²) in [5.74, 6) is -1.07. The first-order valence-electron chi connectivity index (χ1n) is 5.60. The topological polar surface area (TPSA) is 66.5 Å². The van der Waals surface area contributed by atoms with Crippen LogP contribution in [-0.4, -0.2) is 28.5 Å². The van der Waals surface area contributed by atoms with Gasteiger partial charge in [-0.15, -0.1) is 11.8 Å². The summed E-state index contributed by atoms with van der Waals surface area (Å²) in [6.07, 6.45) is 0.299. The van der Waals surface area contributed by atoms with Gasteiger partial charge < -0.3 is 0 Å². The minimum atomic E-state index is -0.409. The van der Waals surface area contributed by atoms with Crippen LogP contribution in [0, 0.1) is 0 Å². The molecule has 0 aromatic heterocycles. The minimum Gasteiger partial charge on any atom is -0.273 e. The average molecular weight is 299 g/mol. The molecule has 19 heavy (non-hydrogen) atoms. The molecule has 0 unspecified atom stereocenters. The molecular weight excluding hydrogens is 288 g/mol. The lowest BCUT2D eigenvalue weighted by Crippen LogP contribution is -2.46. The van der Waals surface area contributed by atoms with Gasteiger partial charge in [0.1, 0.15) is 0 Å². The van der Waals surface area contributed by atoms with Crippen LogP contribution < -0.4 is 5.43 Å². The molecule has 1 N–H and O–H groups in total. The quantitative estimate of drug-likeness (QED) is 0.677. The first-order chi connectivity index (χ1) is 9.08. The molecule has 1 fully saturated rings. The van der Waals surface area contributed by atoms with Gasteiger partial charge in [-0.05, 0) is 12.1 Å². The normalized spacial score (nSPS) is 14.9. The Bertz CT molecular complexity index is 519. The van der Waals surface area contributed by atoms with E-state index >= 15 is 0 Å². The average Bonchev–Trinajstić information content (AvgIpc) is 2.70. The zero-order valence-electron chi connectivity index (χ0n) is 9.89. The van der Waals surface area contributed by atoms with E-state index < -0.39 is 5.91 Å². The van der Waals surface area contributed by atoms with E-state index in [1.165, 1.54) is 11.8 Å². The third-order valence-electron chi connectivity index (χ3n) is 2.48. The van der Waals surface area contributed by atoms with Crippen LogP contribution in [0.15, 0.2) is 29.2 Å². The second-order valence-corrected chi connectivity index (χ2v) is 5.30. The van der Waals surface area contributed by atoms with Gasteiger partial charge >= 0.3 is 0 Å². The maximum Gasteiger partial charge on any atom is 0.249 e. The molecular formula is C12H11ClN2O3S. The number of benzene rings is 1. The Morgan fingerprint density at radius 2 is 1.89 bits per heavy atom. The number of hydrogen-bond donors (Lipinski definition) is 1. The van der Waals surface area contributed by atoms with Gasteiger partial charge in [0.2, 0.25) is 17.7 Å². The Morgan fingerprint density at radius 3 is 2.53 bits per heavy atom. The summed E-state index contributed by atoms with van der Waals surface area (Å²) in [5, 5.41) is 1.35. The van der Waals surface area contributed by atoms with Gasteiger partial charge in [0.05, 0.1) is 10.8 Å². The largest absolute Gasteiger partial charge is 0.273 e. The predicted molar refractivity (Wildman–Crippen MR) is 71.4 cm³/mol. The number of nitrogens with zero attached hydrogens (tertiary/aromatic N) is 1. The summed E-state index contributed by atoms with van der Waals surface area (Å²) in [5.41, 5.74) is 2.30. The van der Waals surface area contributed by atoms with Crippen LogP contribution in [0.2, 0.25) is 5.02 Å². The zero-order chi connectivity index (χ0) is 13.8. The van der Waals surface area contributed by atoms with Gasteiger partial charge in [-0.25, -0.2) is 0 Å². The molecule has 0 bridgehead atoms. The fraction of sp³-hybridized carbons (Fsp3) is 0.250. The van der Waals surface area contributed by atoms with Crippen LogP contribution in [0.25, 0.3) is 0 Å². The Morgan fingerprint density at radius 1 is 1.26 bits per heavy atom. The summed E-state index contributed by atoms with van der Waals surface area (Å²) >= 11 is 7.20. The fourth-order valence-electron chi connectivity index (χ4n) is 1.56. The van der Waals surface area contributed by atoms with Crippen molar-refractivity contribution < 1.29 is 14.4 Å². The highest BCUT2D eigenvalue weighted by Gasteiger charge is 2.30. The molecule has 0 radical (unpaired) electrons. The van der Waals surface area contributed by atoms with E-state index in [1.54, 1.807) is 18.2 Å². The first-order valence-corrected chi connectivity index (χ1v) is 6.97. The molecule has 0 atom stereocenters. The number of carbonyl (C=O) groups is 3. The molecule has 7 heteroatoms. The van der Waals surface area contributed by atoms with Gasteiger partial charge in [0, 0.05) is 17.7 Å². The van der Waals surface area contributed by atoms with Gasteiger partial charge in [-0.2, -0.15) is 5.01 Å². The van der Waals surface area contributed by atoms with Gasteiger partial charge in [0.15, 0.2) is 0 Å². The number of halogens is 1. The third-order valence-corrected chi connectivity index (χ3v) is 4.00. The summed E-state index contributed by atoms with van der Waals surface area (Å²) in [6, 6.07) is 7.15. The first kappa shape index (κ1) is 13.9. The van der Waals surface area contributed by atoms with Gasteiger partial charge in [0.25, 0.3) is 0 Å². The number of rotatable bonds is 4. The van der Waals surface area contributed by atoms with Crippen LogP contribution >= 0.6 is 23.4 Å². The minimum absolute atomic E-state index is 0.0841. The monoisotopic (exact) mass is 298 g/mol. The number of thioether (sulfide) groups is 1. The number of carbonyl (C=O) groups excluding carboxylic acids is 3. The van der Waals surface area contributed by atoms with E-state index in [4.69, 9.17) is 11.6 Å². The third kappa shape index (κ3) is 3.48. The van der Waals surface area contributed by atoms with Gasteiger partial charge in [-0.1, -0.05) is 23.7 Å². The van der Waals surface area contributed by atoms with Crippen LogP contribution in [0.4, 0.5) is 0 Å². The second kappa shape index (κ2) is 6.08. The number of nitrogens with one attached hydrogen (secondary N) is 1. The fourth-order valence-corrected chi connectivity index (χ4v) is 2.59. The van der Waals surface area contributed by atoms with Crippen LogP contribution in [0.5, 0.6) is 0 Å². The molecule has 0 aliphatic carbocycles. The molecule has 0 spiro atoms.